The summed E-state index contributed by atoms with van der Waals surface area (Å²) in [6, 6.07) is 16.1. The average Bonchev–Trinajstić information content (AvgIpc) is 2.63. The van der Waals surface area contributed by atoms with E-state index < -0.39 is 0 Å². The fourth-order valence-corrected chi connectivity index (χ4v) is 3.16. The van der Waals surface area contributed by atoms with Crippen LogP contribution in [-0.4, -0.2) is 23.2 Å². The number of likely N-dealkylation sites (N-methyl/N-ethyl adjacent to an activating group) is 1. The number of fused-ring (bicyclic) bond motifs is 2. The van der Waals surface area contributed by atoms with E-state index in [0.29, 0.717) is 5.52 Å². The second kappa shape index (κ2) is 5.85. The number of hydrogen-bond donors (Lipinski definition) is 1. The van der Waals surface area contributed by atoms with Gasteiger partial charge in [0.25, 0.3) is 0 Å². The number of phenolic OH excluding ortho intramolecular Hbond substituents is 1. The van der Waals surface area contributed by atoms with Crippen LogP contribution in [0.5, 0.6) is 5.75 Å². The van der Waals surface area contributed by atoms with Crippen molar-refractivity contribution in [3.63, 3.8) is 0 Å². The van der Waals surface area contributed by atoms with Gasteiger partial charge in [0, 0.05) is 24.3 Å². The van der Waals surface area contributed by atoms with Gasteiger partial charge in [-0.2, -0.15) is 0 Å². The van der Waals surface area contributed by atoms with Crippen molar-refractivity contribution in [2.45, 2.75) is 6.04 Å². The van der Waals surface area contributed by atoms with Crippen molar-refractivity contribution >= 4 is 28.7 Å². The molecule has 3 heteroatoms. The lowest BCUT2D eigenvalue weighted by Crippen LogP contribution is -2.30. The molecule has 1 atom stereocenters. The van der Waals surface area contributed by atoms with Crippen molar-refractivity contribution in [3.05, 3.63) is 78.0 Å². The fraction of sp³-hybridized carbons (Fsp3) is 0.0952. The van der Waals surface area contributed by atoms with E-state index in [1.807, 2.05) is 18.2 Å². The number of aromatic hydroxyl groups is 1. The van der Waals surface area contributed by atoms with Crippen LogP contribution in [-0.2, 0) is 0 Å². The minimum absolute atomic E-state index is 0.195. The molecule has 0 fully saturated rings. The quantitative estimate of drug-likeness (QED) is 0.757. The molecule has 0 amide bonds. The zero-order valence-corrected chi connectivity index (χ0v) is 13.4. The van der Waals surface area contributed by atoms with Gasteiger partial charge < -0.3 is 10.0 Å². The van der Waals surface area contributed by atoms with Crippen molar-refractivity contribution in [2.75, 3.05) is 11.9 Å². The summed E-state index contributed by atoms with van der Waals surface area (Å²) in [5, 5.41) is 10.9. The van der Waals surface area contributed by atoms with Crippen LogP contribution in [0.4, 0.5) is 5.69 Å². The third-order valence-corrected chi connectivity index (χ3v) is 4.49. The van der Waals surface area contributed by atoms with Gasteiger partial charge in [-0.1, -0.05) is 54.6 Å². The van der Waals surface area contributed by atoms with E-state index in [1.165, 1.54) is 11.3 Å². The highest BCUT2D eigenvalue weighted by molar-refractivity contribution is 5.92. The number of nitrogens with zero attached hydrogens (tertiary/aromatic N) is 2. The molecule has 2 aromatic carbocycles. The van der Waals surface area contributed by atoms with Crippen LogP contribution in [0.2, 0.25) is 0 Å². The molecule has 1 aliphatic heterocycles. The molecular weight excluding hydrogens is 296 g/mol. The Bertz CT molecular complexity index is 959. The molecule has 1 N–H and O–H groups in total. The molecular formula is C21H18N2O. The molecule has 0 radical (unpaired) electrons. The van der Waals surface area contributed by atoms with Gasteiger partial charge in [-0.15, -0.1) is 0 Å². The zero-order valence-electron chi connectivity index (χ0n) is 13.4. The van der Waals surface area contributed by atoms with Crippen LogP contribution in [0.15, 0.2) is 66.9 Å². The van der Waals surface area contributed by atoms with Gasteiger partial charge >= 0.3 is 0 Å². The number of hydrogen-bond acceptors (Lipinski definition) is 3. The summed E-state index contributed by atoms with van der Waals surface area (Å²) >= 11 is 0. The Morgan fingerprint density at radius 1 is 1.08 bits per heavy atom. The standard InChI is InChI=1S/C21H18N2O/c1-23-17(12-9-16-5-2-3-7-19(16)23)11-8-15-10-13-20(24)21-18(15)6-4-14-22-21/h2-14,17,24H,1H3/b11-8+. The summed E-state index contributed by atoms with van der Waals surface area (Å²) in [6.07, 6.45) is 10.3. The van der Waals surface area contributed by atoms with E-state index in [0.717, 1.165) is 10.9 Å². The first-order valence-electron chi connectivity index (χ1n) is 7.99. The van der Waals surface area contributed by atoms with Crippen molar-refractivity contribution in [2.24, 2.45) is 0 Å². The van der Waals surface area contributed by atoms with E-state index >= 15 is 0 Å². The molecule has 1 unspecified atom stereocenters. The van der Waals surface area contributed by atoms with Crippen molar-refractivity contribution in [1.82, 2.24) is 4.98 Å². The molecule has 0 spiro atoms. The first kappa shape index (κ1) is 14.5. The molecule has 118 valence electrons. The van der Waals surface area contributed by atoms with Crippen LogP contribution in [0.25, 0.3) is 23.1 Å². The minimum atomic E-state index is 0.195. The van der Waals surface area contributed by atoms with Crippen molar-refractivity contribution in [1.29, 1.82) is 0 Å². The van der Waals surface area contributed by atoms with Gasteiger partial charge in [0.15, 0.2) is 0 Å². The Labute approximate surface area is 141 Å². The minimum Gasteiger partial charge on any atom is -0.506 e. The van der Waals surface area contributed by atoms with E-state index in [-0.39, 0.29) is 11.8 Å². The highest BCUT2D eigenvalue weighted by atomic mass is 16.3. The van der Waals surface area contributed by atoms with Crippen LogP contribution in [0, 0.1) is 0 Å². The molecule has 3 aromatic rings. The van der Waals surface area contributed by atoms with Gasteiger partial charge in [-0.05, 0) is 29.3 Å². The Balaban J connectivity index is 1.69. The Kier molecular flexibility index (Phi) is 3.54. The first-order chi connectivity index (χ1) is 11.7. The third kappa shape index (κ3) is 2.44. The highest BCUT2D eigenvalue weighted by Gasteiger charge is 2.16. The van der Waals surface area contributed by atoms with E-state index in [1.54, 1.807) is 12.3 Å². The maximum absolute atomic E-state index is 9.96. The molecule has 1 aliphatic rings. The predicted molar refractivity (Wildman–Crippen MR) is 100 cm³/mol. The molecule has 0 saturated heterocycles. The fourth-order valence-electron chi connectivity index (χ4n) is 3.16. The Morgan fingerprint density at radius 2 is 1.96 bits per heavy atom. The molecule has 2 heterocycles. The number of phenols is 1. The normalized spacial score (nSPS) is 16.7. The van der Waals surface area contributed by atoms with Gasteiger partial charge in [0.1, 0.15) is 11.3 Å². The van der Waals surface area contributed by atoms with Crippen LogP contribution in [0.3, 0.4) is 0 Å². The average molecular weight is 314 g/mol. The number of para-hydroxylation sites is 1. The summed E-state index contributed by atoms with van der Waals surface area (Å²) < 4.78 is 0. The maximum Gasteiger partial charge on any atom is 0.141 e. The lowest BCUT2D eigenvalue weighted by atomic mass is 10.0. The van der Waals surface area contributed by atoms with Gasteiger partial charge in [0.2, 0.25) is 0 Å². The van der Waals surface area contributed by atoms with E-state index in [9.17, 15) is 5.11 Å². The second-order valence-electron chi connectivity index (χ2n) is 5.95. The molecule has 3 nitrogen and oxygen atoms in total. The molecule has 0 bridgehead atoms. The number of pyridine rings is 1. The first-order valence-corrected chi connectivity index (χ1v) is 7.99. The maximum atomic E-state index is 9.96. The summed E-state index contributed by atoms with van der Waals surface area (Å²) in [5.74, 6) is 0.214. The largest absolute Gasteiger partial charge is 0.506 e. The highest BCUT2D eigenvalue weighted by Crippen LogP contribution is 2.29. The zero-order chi connectivity index (χ0) is 16.5. The number of benzene rings is 2. The number of aromatic nitrogens is 1. The van der Waals surface area contributed by atoms with Crippen molar-refractivity contribution < 1.29 is 5.11 Å². The smallest absolute Gasteiger partial charge is 0.141 e. The molecule has 0 saturated carbocycles. The SMILES string of the molecule is CN1c2ccccc2C=CC1/C=C/c1ccc(O)c2ncccc12. The summed E-state index contributed by atoms with van der Waals surface area (Å²) in [7, 11) is 2.10. The van der Waals surface area contributed by atoms with E-state index in [2.05, 4.69) is 65.5 Å². The van der Waals surface area contributed by atoms with E-state index in [4.69, 9.17) is 0 Å². The van der Waals surface area contributed by atoms with Crippen LogP contribution in [0.1, 0.15) is 11.1 Å². The summed E-state index contributed by atoms with van der Waals surface area (Å²) in [4.78, 5) is 6.53. The summed E-state index contributed by atoms with van der Waals surface area (Å²) in [6.45, 7) is 0. The predicted octanol–water partition coefficient (Wildman–Crippen LogP) is 4.49. The Morgan fingerprint density at radius 3 is 2.88 bits per heavy atom. The van der Waals surface area contributed by atoms with Gasteiger partial charge in [-0.3, -0.25) is 4.98 Å². The second-order valence-corrected chi connectivity index (χ2v) is 5.95. The lowest BCUT2D eigenvalue weighted by Gasteiger charge is -2.30. The monoisotopic (exact) mass is 314 g/mol. The molecule has 1 aromatic heterocycles. The third-order valence-electron chi connectivity index (χ3n) is 4.49. The molecule has 4 rings (SSSR count). The van der Waals surface area contributed by atoms with Crippen LogP contribution < -0.4 is 4.90 Å². The molecule has 24 heavy (non-hydrogen) atoms. The van der Waals surface area contributed by atoms with Crippen LogP contribution >= 0.6 is 0 Å². The van der Waals surface area contributed by atoms with Crippen molar-refractivity contribution in [3.8, 4) is 5.75 Å². The lowest BCUT2D eigenvalue weighted by molar-refractivity contribution is 0.480. The molecule has 0 aliphatic carbocycles. The number of rotatable bonds is 2. The Hall–Kier alpha value is -3.07. The van der Waals surface area contributed by atoms with Gasteiger partial charge in [0.05, 0.1) is 6.04 Å². The number of anilines is 1. The summed E-state index contributed by atoms with van der Waals surface area (Å²) in [5.41, 5.74) is 4.16. The van der Waals surface area contributed by atoms with Gasteiger partial charge in [-0.25, -0.2) is 0 Å². The topological polar surface area (TPSA) is 36.4 Å².